The molecule has 0 saturated carbocycles. The second kappa shape index (κ2) is 11.4. The minimum Gasteiger partial charge on any atom is -0.551 e. The zero-order valence-electron chi connectivity index (χ0n) is 28.2. The fourth-order valence-electron chi connectivity index (χ4n) is 8.31. The number of fused-ring (bicyclic) bond motifs is 7. The van der Waals surface area contributed by atoms with Gasteiger partial charge in [-0.25, -0.2) is 0 Å². The molecule has 2 aliphatic rings. The molecule has 242 valence electrons. The molecule has 52 heavy (non-hydrogen) atoms. The number of rotatable bonds is 4. The smallest absolute Gasteiger partial charge is 0.434 e. The fourth-order valence-corrected chi connectivity index (χ4v) is 8.31. The lowest BCUT2D eigenvalue weighted by Gasteiger charge is -2.33. The standard InChI is InChI=1S/C48H30BNO2/c1-2-12-32(13-3-1)36-14-4-5-15-37(36)33-24-27-46-42(29-33)49-48-41(40-18-8-11-21-45(40)52-49)28-34(30-47(48)51-46)31-22-25-35(26-23-31)50-43-19-9-6-16-38(43)39-17-7-10-20-44(39)50/h1-30H. The van der Waals surface area contributed by atoms with E-state index in [1.165, 1.54) is 38.5 Å². The number of para-hydroxylation sites is 3. The molecule has 0 amide bonds. The van der Waals surface area contributed by atoms with Gasteiger partial charge in [-0.1, -0.05) is 133 Å². The summed E-state index contributed by atoms with van der Waals surface area (Å²) >= 11 is 0. The van der Waals surface area contributed by atoms with Gasteiger partial charge in [0.15, 0.2) is 0 Å². The van der Waals surface area contributed by atoms with Gasteiger partial charge >= 0.3 is 6.92 Å². The van der Waals surface area contributed by atoms with Crippen molar-refractivity contribution in [3.8, 4) is 67.4 Å². The lowest BCUT2D eigenvalue weighted by molar-refractivity contribution is 0.479. The lowest BCUT2D eigenvalue weighted by Crippen LogP contribution is -2.53. The molecule has 0 bridgehead atoms. The number of ether oxygens (including phenoxy) is 1. The van der Waals surface area contributed by atoms with Gasteiger partial charge in [-0.2, -0.15) is 0 Å². The summed E-state index contributed by atoms with van der Waals surface area (Å²) < 4.78 is 16.0. The lowest BCUT2D eigenvalue weighted by atomic mass is 9.50. The number of aromatic nitrogens is 1. The van der Waals surface area contributed by atoms with E-state index < -0.39 is 0 Å². The monoisotopic (exact) mass is 663 g/mol. The number of benzene rings is 8. The van der Waals surface area contributed by atoms with Gasteiger partial charge in [0.25, 0.3) is 0 Å². The summed E-state index contributed by atoms with van der Waals surface area (Å²) in [4.78, 5) is 0. The van der Waals surface area contributed by atoms with Gasteiger partial charge < -0.3 is 14.0 Å². The average Bonchev–Trinajstić information content (AvgIpc) is 3.55. The Balaban J connectivity index is 1.02. The number of hydrogen-bond donors (Lipinski definition) is 0. The zero-order valence-corrected chi connectivity index (χ0v) is 28.2. The van der Waals surface area contributed by atoms with Crippen LogP contribution in [0.3, 0.4) is 0 Å². The third kappa shape index (κ3) is 4.41. The highest BCUT2D eigenvalue weighted by atomic mass is 16.5. The molecule has 0 radical (unpaired) electrons. The van der Waals surface area contributed by atoms with Crippen LogP contribution in [0.4, 0.5) is 0 Å². The summed E-state index contributed by atoms with van der Waals surface area (Å²) in [5.74, 6) is 2.54. The maximum absolute atomic E-state index is 6.86. The van der Waals surface area contributed by atoms with Gasteiger partial charge in [-0.3, -0.25) is 0 Å². The Labute approximate surface area is 302 Å². The third-order valence-electron chi connectivity index (χ3n) is 10.7. The summed E-state index contributed by atoms with van der Waals surface area (Å²) in [5, 5.41) is 2.52. The van der Waals surface area contributed by atoms with Gasteiger partial charge in [-0.15, -0.1) is 0 Å². The Kier molecular flexibility index (Phi) is 6.35. The van der Waals surface area contributed by atoms with Crippen LogP contribution in [-0.2, 0) is 0 Å². The zero-order chi connectivity index (χ0) is 34.2. The molecular weight excluding hydrogens is 633 g/mol. The van der Waals surface area contributed by atoms with Crippen molar-refractivity contribution >= 4 is 39.6 Å². The Morgan fingerprint density at radius 3 is 1.75 bits per heavy atom. The van der Waals surface area contributed by atoms with Crippen molar-refractivity contribution in [1.82, 2.24) is 4.57 Å². The van der Waals surface area contributed by atoms with E-state index in [0.29, 0.717) is 0 Å². The maximum Gasteiger partial charge on any atom is 0.434 e. The quantitative estimate of drug-likeness (QED) is 0.175. The molecule has 11 rings (SSSR count). The van der Waals surface area contributed by atoms with Crippen LogP contribution in [0.5, 0.6) is 17.2 Å². The van der Waals surface area contributed by atoms with E-state index in [9.17, 15) is 0 Å². The molecule has 0 fully saturated rings. The molecule has 2 aliphatic heterocycles. The van der Waals surface area contributed by atoms with E-state index in [0.717, 1.165) is 61.7 Å². The van der Waals surface area contributed by atoms with Crippen LogP contribution < -0.4 is 20.3 Å². The Hall–Kier alpha value is -6.78. The normalized spacial score (nSPS) is 12.5. The van der Waals surface area contributed by atoms with Gasteiger partial charge in [-0.05, 0) is 87.5 Å². The van der Waals surface area contributed by atoms with E-state index in [1.54, 1.807) is 0 Å². The molecule has 0 unspecified atom stereocenters. The average molecular weight is 664 g/mol. The fraction of sp³-hybridized carbons (Fsp3) is 0. The highest BCUT2D eigenvalue weighted by Gasteiger charge is 2.41. The summed E-state index contributed by atoms with van der Waals surface area (Å²) in [6.45, 7) is -0.292. The predicted molar refractivity (Wildman–Crippen MR) is 215 cm³/mol. The van der Waals surface area contributed by atoms with E-state index in [4.69, 9.17) is 9.39 Å². The molecule has 4 heteroatoms. The van der Waals surface area contributed by atoms with Crippen molar-refractivity contribution in [2.45, 2.75) is 0 Å². The summed E-state index contributed by atoms with van der Waals surface area (Å²) in [7, 11) is 0. The van der Waals surface area contributed by atoms with E-state index in [-0.39, 0.29) is 6.92 Å². The Morgan fingerprint density at radius 2 is 1.00 bits per heavy atom. The highest BCUT2D eigenvalue weighted by molar-refractivity contribution is 6.84. The summed E-state index contributed by atoms with van der Waals surface area (Å²) in [5.41, 5.74) is 14.8. The van der Waals surface area contributed by atoms with Crippen molar-refractivity contribution in [2.75, 3.05) is 0 Å². The first kappa shape index (κ1) is 29.0. The molecule has 3 heterocycles. The van der Waals surface area contributed by atoms with Crippen LogP contribution in [-0.4, -0.2) is 11.5 Å². The van der Waals surface area contributed by atoms with Crippen molar-refractivity contribution in [2.24, 2.45) is 0 Å². The first-order valence-corrected chi connectivity index (χ1v) is 17.8. The van der Waals surface area contributed by atoms with Crippen LogP contribution in [0.2, 0.25) is 0 Å². The topological polar surface area (TPSA) is 23.4 Å². The molecule has 0 atom stereocenters. The van der Waals surface area contributed by atoms with E-state index in [1.807, 2.05) is 0 Å². The van der Waals surface area contributed by atoms with Crippen LogP contribution in [0.1, 0.15) is 0 Å². The molecule has 1 aromatic heterocycles. The molecule has 0 aliphatic carbocycles. The van der Waals surface area contributed by atoms with Gasteiger partial charge in [0.05, 0.1) is 11.0 Å². The van der Waals surface area contributed by atoms with Crippen LogP contribution in [0.15, 0.2) is 182 Å². The van der Waals surface area contributed by atoms with E-state index >= 15 is 0 Å². The van der Waals surface area contributed by atoms with Crippen molar-refractivity contribution in [3.63, 3.8) is 0 Å². The molecule has 8 aromatic carbocycles. The first-order valence-electron chi connectivity index (χ1n) is 17.8. The first-order chi connectivity index (χ1) is 25.8. The van der Waals surface area contributed by atoms with Crippen molar-refractivity contribution in [3.05, 3.63) is 182 Å². The van der Waals surface area contributed by atoms with Gasteiger partial charge in [0.2, 0.25) is 0 Å². The third-order valence-corrected chi connectivity index (χ3v) is 10.7. The SMILES string of the molecule is c1ccc(-c2ccccc2-c2ccc3c(c2)B2Oc4ccccc4-c4cc(-c5ccc(-n6c7ccccc7c7ccccc76)cc5)cc(c42)O3)cc1. The molecule has 0 N–H and O–H groups in total. The van der Waals surface area contributed by atoms with Crippen molar-refractivity contribution < 1.29 is 9.39 Å². The Morgan fingerprint density at radius 1 is 0.385 bits per heavy atom. The largest absolute Gasteiger partial charge is 0.551 e. The molecular formula is C48H30BNO2. The number of nitrogens with zero attached hydrogens (tertiary/aromatic N) is 1. The van der Waals surface area contributed by atoms with Gasteiger partial charge in [0.1, 0.15) is 17.2 Å². The molecule has 3 nitrogen and oxygen atoms in total. The second-order valence-corrected chi connectivity index (χ2v) is 13.6. The number of hydrogen-bond acceptors (Lipinski definition) is 2. The highest BCUT2D eigenvalue weighted by Crippen LogP contribution is 2.43. The molecule has 9 aromatic rings. The second-order valence-electron chi connectivity index (χ2n) is 13.6. The van der Waals surface area contributed by atoms with Crippen molar-refractivity contribution in [1.29, 1.82) is 0 Å². The summed E-state index contributed by atoms with van der Waals surface area (Å²) in [6.07, 6.45) is 0. The maximum atomic E-state index is 6.86. The van der Waals surface area contributed by atoms with E-state index in [2.05, 4.69) is 187 Å². The Bertz CT molecular complexity index is 2800. The molecule has 0 spiro atoms. The van der Waals surface area contributed by atoms with Gasteiger partial charge in [0, 0.05) is 32.9 Å². The van der Waals surface area contributed by atoms with Crippen LogP contribution in [0, 0.1) is 0 Å². The van der Waals surface area contributed by atoms with Crippen LogP contribution in [0.25, 0.3) is 72.0 Å². The van der Waals surface area contributed by atoms with Crippen LogP contribution >= 0.6 is 0 Å². The summed E-state index contributed by atoms with van der Waals surface area (Å²) in [6, 6.07) is 64.7. The molecule has 0 saturated heterocycles. The minimum atomic E-state index is -0.292. The minimum absolute atomic E-state index is 0.292. The predicted octanol–water partition coefficient (Wildman–Crippen LogP) is 11.1.